The van der Waals surface area contributed by atoms with E-state index in [1.54, 1.807) is 26.8 Å². The Kier molecular flexibility index (Phi) is 5.20. The Labute approximate surface area is 111 Å². The molecular weight excluding hydrogens is 250 g/mol. The highest BCUT2D eigenvalue weighted by molar-refractivity contribution is 5.83. The molecule has 1 amide bonds. The minimum absolute atomic E-state index is 0.132. The number of aliphatic hydroxyl groups is 1. The van der Waals surface area contributed by atoms with E-state index in [1.165, 1.54) is 13.2 Å². The van der Waals surface area contributed by atoms with Crippen molar-refractivity contribution in [2.24, 2.45) is 0 Å². The van der Waals surface area contributed by atoms with Gasteiger partial charge in [0.05, 0.1) is 12.3 Å². The molecule has 7 heteroatoms. The Morgan fingerprint density at radius 2 is 2.11 bits per heavy atom. The molecule has 0 bridgehead atoms. The number of nitrogens with one attached hydrogen (secondary N) is 1. The van der Waals surface area contributed by atoms with Crippen LogP contribution in [-0.2, 0) is 9.47 Å². The second kappa shape index (κ2) is 6.44. The molecule has 19 heavy (non-hydrogen) atoms. The van der Waals surface area contributed by atoms with E-state index >= 15 is 0 Å². The summed E-state index contributed by atoms with van der Waals surface area (Å²) in [6.45, 7) is 5.43. The molecule has 0 spiro atoms. The highest BCUT2D eigenvalue weighted by Crippen LogP contribution is 2.12. The van der Waals surface area contributed by atoms with Crippen molar-refractivity contribution in [2.75, 3.05) is 19.0 Å². The van der Waals surface area contributed by atoms with Crippen molar-refractivity contribution in [3.05, 3.63) is 17.8 Å². The first-order chi connectivity index (χ1) is 8.81. The standard InChI is InChI=1S/C12H19N3O4/c1-12(2,3)19-11(17)13-10-6-5-8(14-15-10)9(16)7-18-4/h5-6,9,16H,7H2,1-4H3,(H,13,15,17). The van der Waals surface area contributed by atoms with Gasteiger partial charge < -0.3 is 14.6 Å². The molecule has 1 unspecified atom stereocenters. The molecule has 1 aromatic rings. The summed E-state index contributed by atoms with van der Waals surface area (Å²) in [5, 5.41) is 19.6. The highest BCUT2D eigenvalue weighted by atomic mass is 16.6. The first-order valence-electron chi connectivity index (χ1n) is 5.82. The number of hydrogen-bond acceptors (Lipinski definition) is 6. The van der Waals surface area contributed by atoms with Gasteiger partial charge in [0.15, 0.2) is 5.82 Å². The Balaban J connectivity index is 2.59. The van der Waals surface area contributed by atoms with Crippen LogP contribution in [0.5, 0.6) is 0 Å². The van der Waals surface area contributed by atoms with Crippen molar-refractivity contribution in [3.8, 4) is 0 Å². The van der Waals surface area contributed by atoms with E-state index in [1.807, 2.05) is 0 Å². The van der Waals surface area contributed by atoms with Crippen LogP contribution in [0.2, 0.25) is 0 Å². The zero-order valence-corrected chi connectivity index (χ0v) is 11.5. The maximum Gasteiger partial charge on any atom is 0.413 e. The third kappa shape index (κ3) is 5.62. The van der Waals surface area contributed by atoms with Gasteiger partial charge in [0.2, 0.25) is 0 Å². The van der Waals surface area contributed by atoms with Crippen molar-refractivity contribution in [2.45, 2.75) is 32.5 Å². The summed E-state index contributed by atoms with van der Waals surface area (Å²) < 4.78 is 9.87. The van der Waals surface area contributed by atoms with Gasteiger partial charge in [-0.15, -0.1) is 5.10 Å². The summed E-state index contributed by atoms with van der Waals surface area (Å²) in [7, 11) is 1.48. The zero-order valence-electron chi connectivity index (χ0n) is 11.5. The lowest BCUT2D eigenvalue weighted by Gasteiger charge is -2.19. The molecule has 0 saturated heterocycles. The smallest absolute Gasteiger partial charge is 0.413 e. The van der Waals surface area contributed by atoms with Gasteiger partial charge in [-0.2, -0.15) is 5.10 Å². The van der Waals surface area contributed by atoms with E-state index < -0.39 is 17.8 Å². The van der Waals surface area contributed by atoms with E-state index in [9.17, 15) is 9.90 Å². The Bertz CT molecular complexity index is 414. The molecule has 0 aliphatic carbocycles. The molecule has 1 heterocycles. The number of hydrogen-bond donors (Lipinski definition) is 2. The molecule has 2 N–H and O–H groups in total. The number of anilines is 1. The second-order valence-corrected chi connectivity index (χ2v) is 4.94. The fourth-order valence-electron chi connectivity index (χ4n) is 1.24. The topological polar surface area (TPSA) is 93.6 Å². The van der Waals surface area contributed by atoms with E-state index in [4.69, 9.17) is 9.47 Å². The SMILES string of the molecule is COCC(O)c1ccc(NC(=O)OC(C)(C)C)nn1. The number of carbonyl (C=O) groups is 1. The molecule has 1 rings (SSSR count). The molecule has 0 aromatic carbocycles. The molecule has 0 radical (unpaired) electrons. The number of ether oxygens (including phenoxy) is 2. The van der Waals surface area contributed by atoms with Gasteiger partial charge in [-0.05, 0) is 32.9 Å². The number of methoxy groups -OCH3 is 1. The summed E-state index contributed by atoms with van der Waals surface area (Å²) in [6.07, 6.45) is -1.44. The summed E-state index contributed by atoms with van der Waals surface area (Å²) in [5.74, 6) is 0.252. The normalized spacial score (nSPS) is 12.9. The van der Waals surface area contributed by atoms with Gasteiger partial charge in [-0.1, -0.05) is 0 Å². The van der Waals surface area contributed by atoms with Crippen LogP contribution < -0.4 is 5.32 Å². The van der Waals surface area contributed by atoms with Crippen LogP contribution in [0.4, 0.5) is 10.6 Å². The van der Waals surface area contributed by atoms with Crippen molar-refractivity contribution < 1.29 is 19.4 Å². The van der Waals surface area contributed by atoms with Gasteiger partial charge in [0, 0.05) is 7.11 Å². The average molecular weight is 269 g/mol. The first kappa shape index (κ1) is 15.3. The average Bonchev–Trinajstić information content (AvgIpc) is 2.27. The van der Waals surface area contributed by atoms with Crippen LogP contribution in [0.25, 0.3) is 0 Å². The molecule has 0 aliphatic heterocycles. The lowest BCUT2D eigenvalue weighted by atomic mass is 10.2. The Morgan fingerprint density at radius 3 is 2.58 bits per heavy atom. The molecule has 1 aromatic heterocycles. The lowest BCUT2D eigenvalue weighted by molar-refractivity contribution is 0.0611. The van der Waals surface area contributed by atoms with Crippen LogP contribution in [0.15, 0.2) is 12.1 Å². The van der Waals surface area contributed by atoms with Crippen LogP contribution in [0.1, 0.15) is 32.6 Å². The highest BCUT2D eigenvalue weighted by Gasteiger charge is 2.17. The zero-order chi connectivity index (χ0) is 14.5. The molecule has 0 saturated carbocycles. The molecule has 0 fully saturated rings. The number of aliphatic hydroxyl groups excluding tert-OH is 1. The van der Waals surface area contributed by atoms with Crippen LogP contribution >= 0.6 is 0 Å². The number of rotatable bonds is 4. The molecule has 7 nitrogen and oxygen atoms in total. The molecule has 106 valence electrons. The van der Waals surface area contributed by atoms with E-state index in [0.29, 0.717) is 5.69 Å². The third-order valence-electron chi connectivity index (χ3n) is 1.98. The predicted octanol–water partition coefficient (Wildman–Crippen LogP) is 1.50. The number of carbonyl (C=O) groups excluding carboxylic acids is 1. The minimum atomic E-state index is -0.840. The number of amides is 1. The fraction of sp³-hybridized carbons (Fsp3) is 0.583. The number of nitrogens with zero attached hydrogens (tertiary/aromatic N) is 2. The van der Waals surface area contributed by atoms with Gasteiger partial charge in [0.25, 0.3) is 0 Å². The maximum atomic E-state index is 11.5. The molecular formula is C12H19N3O4. The van der Waals surface area contributed by atoms with Gasteiger partial charge in [-0.3, -0.25) is 5.32 Å². The van der Waals surface area contributed by atoms with Gasteiger partial charge in [-0.25, -0.2) is 4.79 Å². The molecule has 0 aliphatic rings. The first-order valence-corrected chi connectivity index (χ1v) is 5.82. The second-order valence-electron chi connectivity index (χ2n) is 4.94. The van der Waals surface area contributed by atoms with E-state index in [-0.39, 0.29) is 12.4 Å². The summed E-state index contributed by atoms with van der Waals surface area (Å²) in [4.78, 5) is 11.5. The summed E-state index contributed by atoms with van der Waals surface area (Å²) >= 11 is 0. The van der Waals surface area contributed by atoms with Crippen LogP contribution in [0, 0.1) is 0 Å². The fourth-order valence-corrected chi connectivity index (χ4v) is 1.24. The minimum Gasteiger partial charge on any atom is -0.444 e. The van der Waals surface area contributed by atoms with Crippen molar-refractivity contribution in [1.82, 2.24) is 10.2 Å². The van der Waals surface area contributed by atoms with Crippen molar-refractivity contribution in [3.63, 3.8) is 0 Å². The van der Waals surface area contributed by atoms with Gasteiger partial charge >= 0.3 is 6.09 Å². The van der Waals surface area contributed by atoms with Crippen molar-refractivity contribution >= 4 is 11.9 Å². The van der Waals surface area contributed by atoms with E-state index in [0.717, 1.165) is 0 Å². The van der Waals surface area contributed by atoms with Gasteiger partial charge in [0.1, 0.15) is 11.7 Å². The van der Waals surface area contributed by atoms with E-state index in [2.05, 4.69) is 15.5 Å². The summed E-state index contributed by atoms with van der Waals surface area (Å²) in [5.41, 5.74) is -0.205. The van der Waals surface area contributed by atoms with Crippen LogP contribution in [-0.4, -0.2) is 40.7 Å². The number of aromatic nitrogens is 2. The maximum absolute atomic E-state index is 11.5. The predicted molar refractivity (Wildman–Crippen MR) is 68.7 cm³/mol. The monoisotopic (exact) mass is 269 g/mol. The quantitative estimate of drug-likeness (QED) is 0.860. The summed E-state index contributed by atoms with van der Waals surface area (Å²) in [6, 6.07) is 3.09. The van der Waals surface area contributed by atoms with Crippen LogP contribution in [0.3, 0.4) is 0 Å². The Morgan fingerprint density at radius 1 is 1.42 bits per heavy atom. The lowest BCUT2D eigenvalue weighted by Crippen LogP contribution is -2.27. The largest absolute Gasteiger partial charge is 0.444 e. The third-order valence-corrected chi connectivity index (χ3v) is 1.98. The molecule has 1 atom stereocenters. The Hall–Kier alpha value is -1.73. The van der Waals surface area contributed by atoms with Crippen molar-refractivity contribution in [1.29, 1.82) is 0 Å².